The maximum Gasteiger partial charge on any atom is 0.182 e. The van der Waals surface area contributed by atoms with Gasteiger partial charge in [0, 0.05) is 81.7 Å². The van der Waals surface area contributed by atoms with Crippen LogP contribution >= 0.6 is 24.4 Å². The maximum absolute atomic E-state index is 8.88. The Morgan fingerprint density at radius 2 is 1.20 bits per heavy atom. The van der Waals surface area contributed by atoms with Crippen molar-refractivity contribution in [3.63, 3.8) is 0 Å². The number of fused-ring (bicyclic) bond motifs is 6. The molecule has 0 radical (unpaired) electrons. The van der Waals surface area contributed by atoms with Crippen molar-refractivity contribution in [3.05, 3.63) is 85.2 Å². The SMILES string of the molecule is C1CCOC1.NCCO.OCCNC(=S)Nc1ccc(-c2nc(N3C[C@H]4CC[C@@H](C3)O4)c3cccn3n2)cc1.S=C=Nc1ccc(-c2nc(N3C[C@H]4CC[C@@H](C3)O4)c3cccn3n2)cc1. The Hall–Kier alpha value is -5.47. The standard InChI is InChI=1S/C21H24N6O2S.C19H17N5OS.C4H8O.C2H7NO/c28-11-9-22-21(30)23-15-5-3-14(4-6-15)19-24-20(18-2-1-10-27(18)25-19)26-12-16-7-8-17(13-26)29-16;26-12-20-14-5-3-13(4-6-14)18-21-19(17-2-1-9-24(17)22-18)23-10-15-7-8-16(11-23)25-15;1-2-4-5-3-1;3-1-2-4/h1-6,10,16-17,28H,7-9,11-13H2,(H2,22,23,30);1-6,9,15-16H,7-8,10-11H2;1-4H2;4H,1-3H2/t16-,17+;15-,16+;;. The Balaban J connectivity index is 0.000000150. The van der Waals surface area contributed by atoms with Crippen molar-refractivity contribution >= 4 is 68.8 Å². The first-order chi connectivity index (χ1) is 31.9. The summed E-state index contributed by atoms with van der Waals surface area (Å²) in [5.74, 6) is 3.31. The lowest BCUT2D eigenvalue weighted by atomic mass is 10.2. The maximum atomic E-state index is 8.88. The van der Waals surface area contributed by atoms with E-state index in [1.54, 1.807) is 0 Å². The predicted molar refractivity (Wildman–Crippen MR) is 259 cm³/mol. The number of rotatable bonds is 9. The number of morpholine rings is 2. The predicted octanol–water partition coefficient (Wildman–Crippen LogP) is 5.28. The number of thiocarbonyl (C=S) groups is 2. The molecule has 4 bridgehead atoms. The van der Waals surface area contributed by atoms with Crippen molar-refractivity contribution in [2.24, 2.45) is 10.7 Å². The second-order valence-electron chi connectivity index (χ2n) is 16.2. The topological polar surface area (TPSA) is 197 Å². The Bertz CT molecular complexity index is 2500. The molecule has 65 heavy (non-hydrogen) atoms. The average Bonchev–Trinajstić information content (AvgIpc) is 4.22. The van der Waals surface area contributed by atoms with Crippen molar-refractivity contribution in [3.8, 4) is 22.8 Å². The van der Waals surface area contributed by atoms with Crippen LogP contribution in [0.15, 0.2) is 90.2 Å². The van der Waals surface area contributed by atoms with Crippen LogP contribution in [-0.2, 0) is 14.2 Å². The number of anilines is 3. The molecule has 11 rings (SSSR count). The van der Waals surface area contributed by atoms with Gasteiger partial charge < -0.3 is 50.6 Å². The Kier molecular flexibility index (Phi) is 16.0. The number of hydrogen-bond acceptors (Lipinski definition) is 15. The molecule has 0 spiro atoms. The van der Waals surface area contributed by atoms with E-state index in [1.807, 2.05) is 82.1 Å². The monoisotopic (exact) mass is 920 g/mol. The zero-order valence-corrected chi connectivity index (χ0v) is 37.9. The van der Waals surface area contributed by atoms with Crippen molar-refractivity contribution in [1.29, 1.82) is 0 Å². The number of hydrogen-bond donors (Lipinski definition) is 5. The van der Waals surface area contributed by atoms with E-state index < -0.39 is 0 Å². The average molecular weight is 921 g/mol. The van der Waals surface area contributed by atoms with Crippen LogP contribution in [-0.4, -0.2) is 140 Å². The smallest absolute Gasteiger partial charge is 0.182 e. The minimum Gasteiger partial charge on any atom is -0.395 e. The molecular formula is C46H56N12O5S2. The van der Waals surface area contributed by atoms with Gasteiger partial charge in [0.15, 0.2) is 28.4 Å². The van der Waals surface area contributed by atoms with Crippen LogP contribution in [0.3, 0.4) is 0 Å². The van der Waals surface area contributed by atoms with Crippen LogP contribution in [0.2, 0.25) is 0 Å². The van der Waals surface area contributed by atoms with E-state index in [2.05, 4.69) is 60.0 Å². The first-order valence-corrected chi connectivity index (χ1v) is 23.1. The zero-order valence-electron chi connectivity index (χ0n) is 36.2. The van der Waals surface area contributed by atoms with Gasteiger partial charge in [0.05, 0.1) is 48.5 Å². The third kappa shape index (κ3) is 11.9. The summed E-state index contributed by atoms with van der Waals surface area (Å²) in [6.07, 6.45) is 12.2. The molecule has 9 heterocycles. The molecule has 342 valence electrons. The van der Waals surface area contributed by atoms with Crippen LogP contribution in [0.5, 0.6) is 0 Å². The molecule has 4 aromatic heterocycles. The van der Waals surface area contributed by atoms with Gasteiger partial charge in [-0.3, -0.25) is 0 Å². The highest BCUT2D eigenvalue weighted by Crippen LogP contribution is 2.34. The molecule has 6 aromatic rings. The molecule has 2 aromatic carbocycles. The van der Waals surface area contributed by atoms with Gasteiger partial charge in [-0.25, -0.2) is 19.0 Å². The van der Waals surface area contributed by atoms with Crippen LogP contribution in [0.1, 0.15) is 38.5 Å². The largest absolute Gasteiger partial charge is 0.395 e. The Morgan fingerprint density at radius 3 is 1.62 bits per heavy atom. The van der Waals surface area contributed by atoms with Crippen molar-refractivity contribution < 1.29 is 24.4 Å². The minimum atomic E-state index is 0.0347. The fraction of sp³-hybridized carbons (Fsp3) is 0.435. The lowest BCUT2D eigenvalue weighted by Crippen LogP contribution is -2.43. The van der Waals surface area contributed by atoms with E-state index in [0.29, 0.717) is 54.3 Å². The fourth-order valence-corrected chi connectivity index (χ4v) is 8.74. The molecule has 0 amide bonds. The summed E-state index contributed by atoms with van der Waals surface area (Å²) in [4.78, 5) is 18.5. The van der Waals surface area contributed by atoms with E-state index >= 15 is 0 Å². The summed E-state index contributed by atoms with van der Waals surface area (Å²) in [5.41, 5.74) is 10.3. The zero-order chi connectivity index (χ0) is 45.0. The number of isothiocyanates is 1. The van der Waals surface area contributed by atoms with Gasteiger partial charge in [0.2, 0.25) is 0 Å². The molecule has 19 heteroatoms. The number of aliphatic hydroxyl groups excluding tert-OH is 2. The van der Waals surface area contributed by atoms with Gasteiger partial charge in [0.1, 0.15) is 11.0 Å². The summed E-state index contributed by atoms with van der Waals surface area (Å²) in [5, 5.41) is 34.9. The van der Waals surface area contributed by atoms with Gasteiger partial charge in [-0.2, -0.15) is 4.99 Å². The third-order valence-electron chi connectivity index (χ3n) is 11.5. The van der Waals surface area contributed by atoms with Crippen molar-refractivity contribution in [1.82, 2.24) is 34.5 Å². The normalized spacial score (nSPS) is 20.5. The molecule has 0 unspecified atom stereocenters. The van der Waals surface area contributed by atoms with Gasteiger partial charge >= 0.3 is 0 Å². The molecule has 0 saturated carbocycles. The molecule has 17 nitrogen and oxygen atoms in total. The summed E-state index contributed by atoms with van der Waals surface area (Å²) >= 11 is 9.86. The number of nitrogens with two attached hydrogens (primary N) is 1. The van der Waals surface area contributed by atoms with Crippen LogP contribution in [0.4, 0.5) is 23.0 Å². The molecule has 6 N–H and O–H groups in total. The lowest BCUT2D eigenvalue weighted by Gasteiger charge is -2.33. The molecule has 0 aliphatic carbocycles. The quantitative estimate of drug-likeness (QED) is 0.0928. The van der Waals surface area contributed by atoms with E-state index in [0.717, 1.165) is 110 Å². The van der Waals surface area contributed by atoms with E-state index in [9.17, 15) is 0 Å². The second kappa shape index (κ2) is 22.6. The van der Waals surface area contributed by atoms with Gasteiger partial charge in [-0.1, -0.05) is 0 Å². The van der Waals surface area contributed by atoms with Gasteiger partial charge in [-0.15, -0.1) is 10.2 Å². The highest BCUT2D eigenvalue weighted by atomic mass is 32.1. The fourth-order valence-electron chi connectivity index (χ4n) is 8.42. The number of aliphatic hydroxyl groups is 2. The Morgan fingerprint density at radius 1 is 0.723 bits per heavy atom. The summed E-state index contributed by atoms with van der Waals surface area (Å²) < 4.78 is 20.7. The minimum absolute atomic E-state index is 0.0347. The third-order valence-corrected chi connectivity index (χ3v) is 11.8. The molecule has 5 saturated heterocycles. The number of benzene rings is 2. The molecule has 5 aliphatic rings. The molecular weight excluding hydrogens is 865 g/mol. The molecule has 5 fully saturated rings. The highest BCUT2D eigenvalue weighted by molar-refractivity contribution is 7.80. The first kappa shape index (κ1) is 46.1. The summed E-state index contributed by atoms with van der Waals surface area (Å²) in [6.45, 7) is 6.43. The van der Waals surface area contributed by atoms with Gasteiger partial charge in [-0.05, 0) is 136 Å². The highest BCUT2D eigenvalue weighted by Gasteiger charge is 2.36. The molecule has 4 atom stereocenters. The number of aromatic nitrogens is 6. The summed E-state index contributed by atoms with van der Waals surface area (Å²) in [6, 6.07) is 23.7. The number of nitrogens with one attached hydrogen (secondary N) is 2. The number of ether oxygens (including phenoxy) is 3. The van der Waals surface area contributed by atoms with Crippen LogP contribution in [0.25, 0.3) is 33.8 Å². The second-order valence-corrected chi connectivity index (χ2v) is 16.8. The number of nitrogens with zero attached hydrogens (tertiary/aromatic N) is 9. The van der Waals surface area contributed by atoms with Crippen molar-refractivity contribution in [2.45, 2.75) is 62.9 Å². The summed E-state index contributed by atoms with van der Waals surface area (Å²) in [7, 11) is 0. The van der Waals surface area contributed by atoms with E-state index in [4.69, 9.17) is 57.4 Å². The van der Waals surface area contributed by atoms with E-state index in [1.165, 1.54) is 12.8 Å². The number of aliphatic imine (C=N–C) groups is 1. The van der Waals surface area contributed by atoms with E-state index in [-0.39, 0.29) is 13.2 Å². The van der Waals surface area contributed by atoms with Crippen molar-refractivity contribution in [2.75, 3.05) is 80.8 Å². The Labute approximate surface area is 388 Å². The molecule has 5 aliphatic heterocycles. The van der Waals surface area contributed by atoms with Crippen LogP contribution in [0, 0.1) is 0 Å². The van der Waals surface area contributed by atoms with Gasteiger partial charge in [0.25, 0.3) is 0 Å². The van der Waals surface area contributed by atoms with Crippen LogP contribution < -0.4 is 26.2 Å². The lowest BCUT2D eigenvalue weighted by molar-refractivity contribution is 0.0301. The first-order valence-electron chi connectivity index (χ1n) is 22.3.